The highest BCUT2D eigenvalue weighted by atomic mass is 35.5. The van der Waals surface area contributed by atoms with Gasteiger partial charge in [-0.2, -0.15) is 0 Å². The van der Waals surface area contributed by atoms with Gasteiger partial charge in [0.25, 0.3) is 0 Å². The number of rotatable bonds is 6. The summed E-state index contributed by atoms with van der Waals surface area (Å²) < 4.78 is 13.7. The number of hydrogen-bond acceptors (Lipinski definition) is 3. The first-order valence-corrected chi connectivity index (χ1v) is 8.05. The molecule has 1 aliphatic rings. The molecular formula is C16H23Cl2FN2O2. The third kappa shape index (κ3) is 6.26. The third-order valence-corrected chi connectivity index (χ3v) is 4.39. The second-order valence-electron chi connectivity index (χ2n) is 5.69. The van der Waals surface area contributed by atoms with Crippen molar-refractivity contribution in [1.82, 2.24) is 10.6 Å². The lowest BCUT2D eigenvalue weighted by atomic mass is 9.93. The molecule has 130 valence electrons. The predicted molar refractivity (Wildman–Crippen MR) is 91.5 cm³/mol. The maximum Gasteiger partial charge on any atom is 0.220 e. The molecule has 0 aliphatic carbocycles. The molecule has 1 aromatic carbocycles. The van der Waals surface area contributed by atoms with Gasteiger partial charge in [0.2, 0.25) is 5.91 Å². The monoisotopic (exact) mass is 364 g/mol. The minimum absolute atomic E-state index is 0. The Kier molecular flexibility index (Phi) is 8.84. The Balaban J connectivity index is 0.00000264. The lowest BCUT2D eigenvalue weighted by Gasteiger charge is -2.22. The normalized spacial score (nSPS) is 16.5. The van der Waals surface area contributed by atoms with E-state index in [1.807, 2.05) is 0 Å². The number of aliphatic hydroxyl groups is 1. The van der Waals surface area contributed by atoms with Crippen LogP contribution in [0.3, 0.4) is 0 Å². The second-order valence-corrected chi connectivity index (χ2v) is 6.09. The van der Waals surface area contributed by atoms with Crippen LogP contribution in [0.5, 0.6) is 0 Å². The summed E-state index contributed by atoms with van der Waals surface area (Å²) in [6.07, 6.45) is 2.34. The fourth-order valence-electron chi connectivity index (χ4n) is 2.74. The van der Waals surface area contributed by atoms with E-state index in [4.69, 9.17) is 11.6 Å². The number of carbonyl (C=O) groups excluding carboxylic acids is 1. The topological polar surface area (TPSA) is 61.4 Å². The highest BCUT2D eigenvalue weighted by Crippen LogP contribution is 2.25. The van der Waals surface area contributed by atoms with Crippen molar-refractivity contribution < 1.29 is 14.3 Å². The Morgan fingerprint density at radius 3 is 2.78 bits per heavy atom. The first-order valence-electron chi connectivity index (χ1n) is 7.67. The smallest absolute Gasteiger partial charge is 0.220 e. The van der Waals surface area contributed by atoms with E-state index in [-0.39, 0.29) is 35.4 Å². The number of benzene rings is 1. The van der Waals surface area contributed by atoms with Crippen molar-refractivity contribution in [1.29, 1.82) is 0 Å². The summed E-state index contributed by atoms with van der Waals surface area (Å²) in [4.78, 5) is 11.8. The maximum absolute atomic E-state index is 13.7. The SMILES string of the molecule is Cl.O=C(CCC1CCNCC1)NCC(O)c1c(F)cccc1Cl. The Morgan fingerprint density at radius 1 is 1.43 bits per heavy atom. The molecule has 0 aromatic heterocycles. The molecule has 1 unspecified atom stereocenters. The van der Waals surface area contributed by atoms with Crippen LogP contribution in [0.25, 0.3) is 0 Å². The first-order chi connectivity index (χ1) is 10.6. The zero-order chi connectivity index (χ0) is 15.9. The summed E-state index contributed by atoms with van der Waals surface area (Å²) in [5.41, 5.74) is 0.0304. The van der Waals surface area contributed by atoms with Gasteiger partial charge < -0.3 is 15.7 Å². The third-order valence-electron chi connectivity index (χ3n) is 4.06. The molecule has 0 bridgehead atoms. The van der Waals surface area contributed by atoms with E-state index in [2.05, 4.69) is 10.6 Å². The van der Waals surface area contributed by atoms with Crippen LogP contribution in [0.1, 0.15) is 37.4 Å². The Labute approximate surface area is 147 Å². The molecule has 3 N–H and O–H groups in total. The highest BCUT2D eigenvalue weighted by molar-refractivity contribution is 6.31. The molecule has 0 spiro atoms. The van der Waals surface area contributed by atoms with Crippen LogP contribution in [-0.2, 0) is 4.79 Å². The van der Waals surface area contributed by atoms with Crippen LogP contribution < -0.4 is 10.6 Å². The average Bonchev–Trinajstić information content (AvgIpc) is 2.52. The quantitative estimate of drug-likeness (QED) is 0.727. The molecule has 1 fully saturated rings. The molecule has 0 radical (unpaired) electrons. The van der Waals surface area contributed by atoms with E-state index in [1.165, 1.54) is 18.2 Å². The molecule has 1 aliphatic heterocycles. The average molecular weight is 365 g/mol. The van der Waals surface area contributed by atoms with Gasteiger partial charge in [0.05, 0.1) is 0 Å². The van der Waals surface area contributed by atoms with E-state index < -0.39 is 11.9 Å². The number of carbonyl (C=O) groups is 1. The van der Waals surface area contributed by atoms with Gasteiger partial charge in [0.1, 0.15) is 11.9 Å². The molecule has 1 amide bonds. The number of amides is 1. The Bertz CT molecular complexity index is 491. The number of aliphatic hydroxyl groups excluding tert-OH is 1. The van der Waals surface area contributed by atoms with E-state index in [0.29, 0.717) is 12.3 Å². The van der Waals surface area contributed by atoms with E-state index in [1.54, 1.807) is 0 Å². The highest BCUT2D eigenvalue weighted by Gasteiger charge is 2.18. The van der Waals surface area contributed by atoms with Crippen LogP contribution in [0.4, 0.5) is 4.39 Å². The van der Waals surface area contributed by atoms with Crippen molar-refractivity contribution >= 4 is 29.9 Å². The van der Waals surface area contributed by atoms with Crippen molar-refractivity contribution in [2.24, 2.45) is 5.92 Å². The number of piperidine rings is 1. The van der Waals surface area contributed by atoms with Gasteiger partial charge in [-0.05, 0) is 50.4 Å². The van der Waals surface area contributed by atoms with Crippen LogP contribution >= 0.6 is 24.0 Å². The van der Waals surface area contributed by atoms with Crippen molar-refractivity contribution in [2.45, 2.75) is 31.8 Å². The molecule has 7 heteroatoms. The fourth-order valence-corrected chi connectivity index (χ4v) is 3.02. The van der Waals surface area contributed by atoms with Crippen LogP contribution in [-0.4, -0.2) is 30.6 Å². The van der Waals surface area contributed by atoms with Crippen LogP contribution in [0.15, 0.2) is 18.2 Å². The van der Waals surface area contributed by atoms with E-state index in [0.717, 1.165) is 32.4 Å². The van der Waals surface area contributed by atoms with Crippen LogP contribution in [0.2, 0.25) is 5.02 Å². The molecule has 1 saturated heterocycles. The summed E-state index contributed by atoms with van der Waals surface area (Å²) in [5.74, 6) is -0.105. The summed E-state index contributed by atoms with van der Waals surface area (Å²) in [6.45, 7) is 1.99. The summed E-state index contributed by atoms with van der Waals surface area (Å²) in [5, 5.41) is 16.1. The number of halogens is 3. The van der Waals surface area contributed by atoms with Crippen molar-refractivity contribution in [3.05, 3.63) is 34.6 Å². The summed E-state index contributed by atoms with van der Waals surface area (Å²) in [7, 11) is 0. The molecule has 4 nitrogen and oxygen atoms in total. The molecule has 1 aromatic rings. The molecule has 1 atom stereocenters. The summed E-state index contributed by atoms with van der Waals surface area (Å²) >= 11 is 5.88. The van der Waals surface area contributed by atoms with Gasteiger partial charge in [0, 0.05) is 23.6 Å². The largest absolute Gasteiger partial charge is 0.386 e. The zero-order valence-corrected chi connectivity index (χ0v) is 14.4. The van der Waals surface area contributed by atoms with E-state index >= 15 is 0 Å². The van der Waals surface area contributed by atoms with Gasteiger partial charge in [0.15, 0.2) is 0 Å². The molecule has 0 saturated carbocycles. The lowest BCUT2D eigenvalue weighted by molar-refractivity contribution is -0.121. The minimum Gasteiger partial charge on any atom is -0.386 e. The fraction of sp³-hybridized carbons (Fsp3) is 0.562. The molecule has 23 heavy (non-hydrogen) atoms. The van der Waals surface area contributed by atoms with E-state index in [9.17, 15) is 14.3 Å². The van der Waals surface area contributed by atoms with Crippen molar-refractivity contribution in [3.63, 3.8) is 0 Å². The Hall–Kier alpha value is -0.880. The first kappa shape index (κ1) is 20.2. The maximum atomic E-state index is 13.7. The van der Waals surface area contributed by atoms with Gasteiger partial charge >= 0.3 is 0 Å². The van der Waals surface area contributed by atoms with Gasteiger partial charge in [-0.3, -0.25) is 4.79 Å². The van der Waals surface area contributed by atoms with Crippen LogP contribution in [0, 0.1) is 11.7 Å². The van der Waals surface area contributed by atoms with Gasteiger partial charge in [-0.25, -0.2) is 4.39 Å². The number of nitrogens with one attached hydrogen (secondary N) is 2. The summed E-state index contributed by atoms with van der Waals surface area (Å²) in [6, 6.07) is 4.23. The predicted octanol–water partition coefficient (Wildman–Crippen LogP) is 2.83. The number of hydrogen-bond donors (Lipinski definition) is 3. The standard InChI is InChI=1S/C16H22ClFN2O2.ClH/c17-12-2-1-3-13(18)16(12)14(21)10-20-15(22)5-4-11-6-8-19-9-7-11;/h1-3,11,14,19,21H,4-10H2,(H,20,22);1H. The molecule has 2 rings (SSSR count). The Morgan fingerprint density at radius 2 is 2.13 bits per heavy atom. The lowest BCUT2D eigenvalue weighted by Crippen LogP contribution is -2.31. The van der Waals surface area contributed by atoms with Crippen molar-refractivity contribution in [2.75, 3.05) is 19.6 Å². The molecule has 1 heterocycles. The van der Waals surface area contributed by atoms with Gasteiger partial charge in [-0.1, -0.05) is 17.7 Å². The minimum atomic E-state index is -1.14. The van der Waals surface area contributed by atoms with Crippen molar-refractivity contribution in [3.8, 4) is 0 Å². The van der Waals surface area contributed by atoms with Gasteiger partial charge in [-0.15, -0.1) is 12.4 Å². The second kappa shape index (κ2) is 10.1. The zero-order valence-electron chi connectivity index (χ0n) is 12.9. The molecular weight excluding hydrogens is 342 g/mol.